The highest BCUT2D eigenvalue weighted by molar-refractivity contribution is 5.41. The molecule has 2 saturated carbocycles. The molecule has 1 heteroatoms. The molecule has 0 heterocycles. The van der Waals surface area contributed by atoms with Crippen LogP contribution in [0.5, 0.6) is 0 Å². The minimum atomic E-state index is -0.132. The summed E-state index contributed by atoms with van der Waals surface area (Å²) in [5, 5.41) is 9.90. The quantitative estimate of drug-likeness (QED) is 0.530. The Kier molecular flexibility index (Phi) is 0.716. The predicted molar refractivity (Wildman–Crippen MR) is 45.3 cm³/mol. The average Bonchev–Trinajstić information content (AvgIpc) is 2.50. The standard InChI is InChI=1S/C11H12O/c12-9-4-3-8-10-6-1-2-7(5-6)11(8,9)10/h1-4,6-10,12H,5H2/t6?,7?,8?,9-,10-,11-/m1/s1. The van der Waals surface area contributed by atoms with Gasteiger partial charge in [0.15, 0.2) is 0 Å². The number of hydrogen-bond donors (Lipinski definition) is 1. The van der Waals surface area contributed by atoms with E-state index in [4.69, 9.17) is 0 Å². The van der Waals surface area contributed by atoms with Crippen LogP contribution < -0.4 is 0 Å². The Balaban J connectivity index is 1.90. The lowest BCUT2D eigenvalue weighted by Gasteiger charge is -2.22. The number of hydrogen-bond acceptors (Lipinski definition) is 1. The first-order valence-corrected chi connectivity index (χ1v) is 4.90. The van der Waals surface area contributed by atoms with Crippen LogP contribution in [0.1, 0.15) is 6.42 Å². The van der Waals surface area contributed by atoms with Gasteiger partial charge in [-0.3, -0.25) is 0 Å². The van der Waals surface area contributed by atoms with Crippen molar-refractivity contribution >= 4 is 0 Å². The fourth-order valence-corrected chi connectivity index (χ4v) is 4.27. The third kappa shape index (κ3) is 0.356. The maximum atomic E-state index is 9.90. The van der Waals surface area contributed by atoms with E-state index < -0.39 is 0 Å². The van der Waals surface area contributed by atoms with Gasteiger partial charge in [0.25, 0.3) is 0 Å². The van der Waals surface area contributed by atoms with Gasteiger partial charge in [-0.15, -0.1) is 0 Å². The molecule has 0 aliphatic heterocycles. The minimum absolute atomic E-state index is 0.132. The smallest absolute Gasteiger partial charge is 0.0791 e. The van der Waals surface area contributed by atoms with Crippen LogP contribution in [0.15, 0.2) is 24.3 Å². The van der Waals surface area contributed by atoms with Gasteiger partial charge in [0, 0.05) is 5.41 Å². The lowest BCUT2D eigenvalue weighted by atomic mass is 9.86. The van der Waals surface area contributed by atoms with Crippen molar-refractivity contribution in [2.24, 2.45) is 29.1 Å². The Bertz CT molecular complexity index is 317. The maximum Gasteiger partial charge on any atom is 0.0791 e. The Labute approximate surface area is 71.8 Å². The van der Waals surface area contributed by atoms with Crippen molar-refractivity contribution in [2.75, 3.05) is 0 Å². The highest BCUT2D eigenvalue weighted by atomic mass is 16.3. The van der Waals surface area contributed by atoms with E-state index in [-0.39, 0.29) is 6.10 Å². The van der Waals surface area contributed by atoms with Crippen LogP contribution in [0.3, 0.4) is 0 Å². The molecule has 6 atom stereocenters. The summed E-state index contributed by atoms with van der Waals surface area (Å²) in [7, 11) is 0. The van der Waals surface area contributed by atoms with E-state index in [2.05, 4.69) is 18.2 Å². The number of aliphatic hydroxyl groups excluding tert-OH is 1. The summed E-state index contributed by atoms with van der Waals surface area (Å²) in [5.74, 6) is 3.04. The third-order valence-corrected chi connectivity index (χ3v) is 4.67. The van der Waals surface area contributed by atoms with Gasteiger partial charge in [0.2, 0.25) is 0 Å². The Morgan fingerprint density at radius 3 is 2.92 bits per heavy atom. The molecule has 2 bridgehead atoms. The summed E-state index contributed by atoms with van der Waals surface area (Å²) in [4.78, 5) is 0. The summed E-state index contributed by atoms with van der Waals surface area (Å²) >= 11 is 0. The van der Waals surface area contributed by atoms with Crippen molar-refractivity contribution in [3.05, 3.63) is 24.3 Å². The molecular weight excluding hydrogens is 148 g/mol. The Morgan fingerprint density at radius 1 is 1.17 bits per heavy atom. The molecule has 1 N–H and O–H groups in total. The molecule has 4 rings (SSSR count). The Morgan fingerprint density at radius 2 is 2.08 bits per heavy atom. The molecule has 0 aromatic heterocycles. The first-order chi connectivity index (χ1) is 5.85. The summed E-state index contributed by atoms with van der Waals surface area (Å²) in [6, 6.07) is 0. The fourth-order valence-electron chi connectivity index (χ4n) is 4.27. The largest absolute Gasteiger partial charge is 0.388 e. The molecule has 1 spiro atoms. The summed E-state index contributed by atoms with van der Waals surface area (Å²) in [6.07, 6.45) is 10.2. The molecule has 1 nitrogen and oxygen atoms in total. The predicted octanol–water partition coefficient (Wildman–Crippen LogP) is 1.36. The third-order valence-electron chi connectivity index (χ3n) is 4.67. The summed E-state index contributed by atoms with van der Waals surface area (Å²) in [6.45, 7) is 0. The van der Waals surface area contributed by atoms with Crippen LogP contribution in [0.2, 0.25) is 0 Å². The molecule has 0 aromatic carbocycles. The molecule has 0 radical (unpaired) electrons. The number of fused-ring (bicyclic) bond motifs is 4. The molecule has 4 aliphatic carbocycles. The van der Waals surface area contributed by atoms with Crippen molar-refractivity contribution < 1.29 is 5.11 Å². The van der Waals surface area contributed by atoms with Gasteiger partial charge in [-0.25, -0.2) is 0 Å². The normalized spacial score (nSPS) is 68.6. The number of aliphatic hydroxyl groups is 1. The first kappa shape index (κ1) is 5.98. The molecule has 4 aliphatic rings. The second-order valence-corrected chi connectivity index (χ2v) is 4.77. The van der Waals surface area contributed by atoms with Crippen LogP contribution in [0, 0.1) is 29.1 Å². The SMILES string of the molecule is O[C@@H]1C=CC2[C@H]3C4C=CC(C4)[C@]231. The van der Waals surface area contributed by atoms with Crippen molar-refractivity contribution in [1.82, 2.24) is 0 Å². The average molecular weight is 160 g/mol. The topological polar surface area (TPSA) is 20.2 Å². The van der Waals surface area contributed by atoms with Crippen LogP contribution in [-0.2, 0) is 0 Å². The van der Waals surface area contributed by atoms with E-state index in [0.29, 0.717) is 11.3 Å². The lowest BCUT2D eigenvalue weighted by Crippen LogP contribution is -2.25. The minimum Gasteiger partial charge on any atom is -0.388 e. The molecule has 12 heavy (non-hydrogen) atoms. The zero-order valence-corrected chi connectivity index (χ0v) is 6.85. The van der Waals surface area contributed by atoms with Crippen molar-refractivity contribution in [2.45, 2.75) is 12.5 Å². The van der Waals surface area contributed by atoms with E-state index in [0.717, 1.165) is 17.8 Å². The van der Waals surface area contributed by atoms with Crippen molar-refractivity contribution in [1.29, 1.82) is 0 Å². The zero-order valence-electron chi connectivity index (χ0n) is 6.85. The van der Waals surface area contributed by atoms with E-state index in [1.54, 1.807) is 0 Å². The van der Waals surface area contributed by atoms with Gasteiger partial charge in [-0.05, 0) is 30.1 Å². The monoisotopic (exact) mass is 160 g/mol. The zero-order chi connectivity index (χ0) is 7.92. The maximum absolute atomic E-state index is 9.90. The molecule has 2 fully saturated rings. The molecule has 3 unspecified atom stereocenters. The molecular formula is C11H12O. The van der Waals surface area contributed by atoms with E-state index in [9.17, 15) is 5.11 Å². The molecule has 0 amide bonds. The Hall–Kier alpha value is -0.560. The molecule has 62 valence electrons. The molecule has 0 saturated heterocycles. The van der Waals surface area contributed by atoms with E-state index in [1.807, 2.05) is 6.08 Å². The highest BCUT2D eigenvalue weighted by Gasteiger charge is 2.78. The van der Waals surface area contributed by atoms with Crippen LogP contribution in [0.4, 0.5) is 0 Å². The summed E-state index contributed by atoms with van der Waals surface area (Å²) < 4.78 is 0. The van der Waals surface area contributed by atoms with Crippen LogP contribution >= 0.6 is 0 Å². The van der Waals surface area contributed by atoms with Gasteiger partial charge in [-0.2, -0.15) is 0 Å². The van der Waals surface area contributed by atoms with Crippen LogP contribution in [-0.4, -0.2) is 11.2 Å². The van der Waals surface area contributed by atoms with Crippen LogP contribution in [0.25, 0.3) is 0 Å². The lowest BCUT2D eigenvalue weighted by molar-refractivity contribution is 0.112. The van der Waals surface area contributed by atoms with Crippen molar-refractivity contribution in [3.8, 4) is 0 Å². The van der Waals surface area contributed by atoms with Gasteiger partial charge in [0.1, 0.15) is 0 Å². The summed E-state index contributed by atoms with van der Waals surface area (Å²) in [5.41, 5.74) is 0.305. The van der Waals surface area contributed by atoms with Gasteiger partial charge < -0.3 is 5.11 Å². The fraction of sp³-hybridized carbons (Fsp3) is 0.636. The van der Waals surface area contributed by atoms with E-state index in [1.165, 1.54) is 6.42 Å². The van der Waals surface area contributed by atoms with Gasteiger partial charge in [-0.1, -0.05) is 24.3 Å². The number of allylic oxidation sites excluding steroid dienone is 3. The van der Waals surface area contributed by atoms with Gasteiger partial charge in [0.05, 0.1) is 6.10 Å². The second kappa shape index (κ2) is 1.44. The number of rotatable bonds is 0. The molecule has 0 aromatic rings. The highest BCUT2D eigenvalue weighted by Crippen LogP contribution is 2.79. The van der Waals surface area contributed by atoms with E-state index >= 15 is 0 Å². The van der Waals surface area contributed by atoms with Gasteiger partial charge >= 0.3 is 0 Å². The first-order valence-electron chi connectivity index (χ1n) is 4.90. The van der Waals surface area contributed by atoms with Crippen molar-refractivity contribution in [3.63, 3.8) is 0 Å². The second-order valence-electron chi connectivity index (χ2n) is 4.77.